The van der Waals surface area contributed by atoms with E-state index < -0.39 is 17.5 Å². The first-order valence-electron chi connectivity index (χ1n) is 11.4. The van der Waals surface area contributed by atoms with Crippen molar-refractivity contribution in [3.05, 3.63) is 53.7 Å². The number of benzene rings is 2. The number of rotatable bonds is 4. The summed E-state index contributed by atoms with van der Waals surface area (Å²) in [6, 6.07) is 7.37. The fourth-order valence-electron chi connectivity index (χ4n) is 3.74. The number of aromatic nitrogens is 2. The largest absolute Gasteiger partial charge is 0.494 e. The van der Waals surface area contributed by atoms with Gasteiger partial charge in [0.25, 0.3) is 5.91 Å². The van der Waals surface area contributed by atoms with Gasteiger partial charge in [-0.05, 0) is 31.0 Å². The third kappa shape index (κ3) is 5.64. The average molecular weight is 446 g/mol. The molecule has 1 N–H and O–H groups in total. The van der Waals surface area contributed by atoms with Crippen LogP contribution in [0.25, 0.3) is 10.9 Å². The van der Waals surface area contributed by atoms with Crippen molar-refractivity contribution >= 4 is 22.5 Å². The maximum Gasteiger partial charge on any atom is 0.258 e. The molecule has 1 aromatic heterocycles. The molecule has 0 saturated heterocycles. The van der Waals surface area contributed by atoms with Gasteiger partial charge in [-0.3, -0.25) is 9.48 Å². The van der Waals surface area contributed by atoms with E-state index in [1.807, 2.05) is 38.6 Å². The third-order valence-electron chi connectivity index (χ3n) is 5.24. The summed E-state index contributed by atoms with van der Waals surface area (Å²) in [4.78, 5) is 12.4. The van der Waals surface area contributed by atoms with Crippen molar-refractivity contribution in [2.45, 2.75) is 65.8 Å². The van der Waals surface area contributed by atoms with Crippen LogP contribution < -0.4 is 10.1 Å². The minimum Gasteiger partial charge on any atom is -0.494 e. The van der Waals surface area contributed by atoms with Crippen LogP contribution in [-0.4, -0.2) is 22.8 Å². The van der Waals surface area contributed by atoms with Gasteiger partial charge in [0.2, 0.25) is 0 Å². The summed E-state index contributed by atoms with van der Waals surface area (Å²) in [5, 5.41) is 8.13. The van der Waals surface area contributed by atoms with E-state index in [9.17, 15) is 13.6 Å². The molecule has 1 amide bonds. The van der Waals surface area contributed by atoms with Gasteiger partial charge in [0, 0.05) is 17.6 Å². The Morgan fingerprint density at radius 3 is 2.44 bits per heavy atom. The Hall–Kier alpha value is -2.96. The lowest BCUT2D eigenvalue weighted by atomic mass is 9.96. The summed E-state index contributed by atoms with van der Waals surface area (Å²) in [7, 11) is 1.48. The van der Waals surface area contributed by atoms with Crippen molar-refractivity contribution in [3.63, 3.8) is 0 Å². The van der Waals surface area contributed by atoms with Crippen molar-refractivity contribution in [1.82, 2.24) is 9.78 Å². The molecule has 0 aliphatic heterocycles. The molecule has 174 valence electrons. The Morgan fingerprint density at radius 2 is 1.78 bits per heavy atom. The lowest BCUT2D eigenvalue weighted by Gasteiger charge is -2.21. The highest BCUT2D eigenvalue weighted by Gasteiger charge is 2.20. The molecule has 1 aliphatic rings. The zero-order chi connectivity index (χ0) is 23.7. The van der Waals surface area contributed by atoms with E-state index in [2.05, 4.69) is 10.4 Å². The van der Waals surface area contributed by atoms with Gasteiger partial charge in [0.15, 0.2) is 11.6 Å². The third-order valence-corrected chi connectivity index (χ3v) is 5.24. The number of amides is 1. The molecule has 7 heteroatoms. The second-order valence-electron chi connectivity index (χ2n) is 7.07. The number of ether oxygens (including phenoxy) is 1. The molecular formula is C25H33F2N3O2. The number of carbonyl (C=O) groups excluding carboxylic acids is 1. The topological polar surface area (TPSA) is 56.1 Å². The van der Waals surface area contributed by atoms with E-state index in [-0.39, 0.29) is 5.56 Å². The van der Waals surface area contributed by atoms with Crippen LogP contribution in [0.3, 0.4) is 0 Å². The van der Waals surface area contributed by atoms with E-state index >= 15 is 0 Å². The predicted octanol–water partition coefficient (Wildman–Crippen LogP) is 7.13. The molecule has 1 aliphatic carbocycles. The lowest BCUT2D eigenvalue weighted by molar-refractivity contribution is 0.102. The number of carbonyl (C=O) groups is 1. The maximum absolute atomic E-state index is 13.9. The smallest absolute Gasteiger partial charge is 0.258 e. The second kappa shape index (κ2) is 12.2. The zero-order valence-corrected chi connectivity index (χ0v) is 19.5. The summed E-state index contributed by atoms with van der Waals surface area (Å²) < 4.78 is 34.7. The summed E-state index contributed by atoms with van der Waals surface area (Å²) >= 11 is 0. The SMILES string of the molecule is CC.CC.COc1cc2nn(C3CCCCC3)cc2cc1NC(=O)c1cccc(F)c1F. The number of halogens is 2. The molecule has 0 spiro atoms. The molecule has 1 saturated carbocycles. The van der Waals surface area contributed by atoms with Crippen molar-refractivity contribution in [1.29, 1.82) is 0 Å². The van der Waals surface area contributed by atoms with Crippen LogP contribution in [0.2, 0.25) is 0 Å². The van der Waals surface area contributed by atoms with E-state index in [1.165, 1.54) is 38.5 Å². The van der Waals surface area contributed by atoms with E-state index in [1.54, 1.807) is 12.1 Å². The van der Waals surface area contributed by atoms with Crippen LogP contribution in [0.5, 0.6) is 5.75 Å². The summed E-state index contributed by atoms with van der Waals surface area (Å²) in [5.41, 5.74) is 0.782. The van der Waals surface area contributed by atoms with Gasteiger partial charge in [-0.1, -0.05) is 53.0 Å². The van der Waals surface area contributed by atoms with Crippen molar-refractivity contribution in [2.75, 3.05) is 12.4 Å². The summed E-state index contributed by atoms with van der Waals surface area (Å²) in [6.45, 7) is 8.00. The predicted molar refractivity (Wildman–Crippen MR) is 125 cm³/mol. The van der Waals surface area contributed by atoms with Gasteiger partial charge in [0.05, 0.1) is 29.9 Å². The normalized spacial score (nSPS) is 13.5. The highest BCUT2D eigenvalue weighted by molar-refractivity contribution is 6.06. The Balaban J connectivity index is 0.000000860. The van der Waals surface area contributed by atoms with Crippen molar-refractivity contribution in [2.24, 2.45) is 0 Å². The van der Waals surface area contributed by atoms with Gasteiger partial charge >= 0.3 is 0 Å². The molecule has 0 bridgehead atoms. The molecule has 4 rings (SSSR count). The zero-order valence-electron chi connectivity index (χ0n) is 19.5. The van der Waals surface area contributed by atoms with Gasteiger partial charge < -0.3 is 10.1 Å². The number of methoxy groups -OCH3 is 1. The monoisotopic (exact) mass is 445 g/mol. The van der Waals surface area contributed by atoms with E-state index in [0.29, 0.717) is 17.5 Å². The van der Waals surface area contributed by atoms with Crippen LogP contribution >= 0.6 is 0 Å². The molecular weight excluding hydrogens is 412 g/mol. The minimum absolute atomic E-state index is 0.361. The fraction of sp³-hybridized carbons (Fsp3) is 0.440. The first-order chi connectivity index (χ1) is 15.6. The molecule has 0 unspecified atom stereocenters. The fourth-order valence-corrected chi connectivity index (χ4v) is 3.74. The Morgan fingerprint density at radius 1 is 1.09 bits per heavy atom. The van der Waals surface area contributed by atoms with Crippen LogP contribution in [0.1, 0.15) is 76.2 Å². The maximum atomic E-state index is 13.9. The van der Waals surface area contributed by atoms with Gasteiger partial charge in [-0.15, -0.1) is 0 Å². The van der Waals surface area contributed by atoms with Crippen molar-refractivity contribution in [3.8, 4) is 5.75 Å². The van der Waals surface area contributed by atoms with E-state index in [0.717, 1.165) is 29.8 Å². The summed E-state index contributed by atoms with van der Waals surface area (Å²) in [6.07, 6.45) is 7.83. The first-order valence-corrected chi connectivity index (χ1v) is 11.4. The Kier molecular flexibility index (Phi) is 9.62. The highest BCUT2D eigenvalue weighted by Crippen LogP contribution is 2.33. The van der Waals surface area contributed by atoms with Crippen LogP contribution in [0, 0.1) is 11.6 Å². The molecule has 32 heavy (non-hydrogen) atoms. The second-order valence-corrected chi connectivity index (χ2v) is 7.07. The molecule has 0 radical (unpaired) electrons. The molecule has 1 fully saturated rings. The number of nitrogens with one attached hydrogen (secondary N) is 1. The number of hydrogen-bond acceptors (Lipinski definition) is 3. The van der Waals surface area contributed by atoms with Gasteiger partial charge in [0.1, 0.15) is 5.75 Å². The number of fused-ring (bicyclic) bond motifs is 1. The average Bonchev–Trinajstić information content (AvgIpc) is 3.26. The highest BCUT2D eigenvalue weighted by atomic mass is 19.2. The molecule has 5 nitrogen and oxygen atoms in total. The summed E-state index contributed by atoms with van der Waals surface area (Å²) in [5.74, 6) is -2.57. The van der Waals surface area contributed by atoms with Crippen LogP contribution in [-0.2, 0) is 0 Å². The Bertz CT molecular complexity index is 1030. The minimum atomic E-state index is -1.18. The van der Waals surface area contributed by atoms with Crippen molar-refractivity contribution < 1.29 is 18.3 Å². The number of nitrogens with zero attached hydrogens (tertiary/aromatic N) is 2. The van der Waals surface area contributed by atoms with Gasteiger partial charge in [-0.2, -0.15) is 5.10 Å². The number of anilines is 1. The standard InChI is InChI=1S/C21H21F2N3O2.2C2H6/c1-28-19-11-17-13(12-26(25-17)14-6-3-2-4-7-14)10-18(19)24-21(27)15-8-5-9-16(22)20(15)23;2*1-2/h5,8-12,14H,2-4,6-7H2,1H3,(H,24,27);2*1-2H3. The lowest BCUT2D eigenvalue weighted by Crippen LogP contribution is -2.15. The molecule has 2 aromatic carbocycles. The van der Waals surface area contributed by atoms with Crippen LogP contribution in [0.4, 0.5) is 14.5 Å². The number of hydrogen-bond donors (Lipinski definition) is 1. The molecule has 1 heterocycles. The first kappa shape index (κ1) is 25.3. The van der Waals surface area contributed by atoms with Crippen LogP contribution in [0.15, 0.2) is 36.5 Å². The molecule has 0 atom stereocenters. The van der Waals surface area contributed by atoms with Gasteiger partial charge in [-0.25, -0.2) is 8.78 Å². The van der Waals surface area contributed by atoms with E-state index in [4.69, 9.17) is 4.74 Å². The quantitative estimate of drug-likeness (QED) is 0.465. The molecule has 3 aromatic rings. The Labute approximate surface area is 188 Å².